The third-order valence-electron chi connectivity index (χ3n) is 4.09. The lowest BCUT2D eigenvalue weighted by Gasteiger charge is -2.42. The molecule has 0 bridgehead atoms. The van der Waals surface area contributed by atoms with Gasteiger partial charge in [0.15, 0.2) is 0 Å². The van der Waals surface area contributed by atoms with Crippen LogP contribution in [0.2, 0.25) is 0 Å². The van der Waals surface area contributed by atoms with Crippen LogP contribution in [0.4, 0.5) is 0 Å². The van der Waals surface area contributed by atoms with E-state index in [1.807, 2.05) is 12.1 Å². The van der Waals surface area contributed by atoms with Gasteiger partial charge >= 0.3 is 0 Å². The van der Waals surface area contributed by atoms with Crippen LogP contribution in [-0.2, 0) is 9.53 Å². The summed E-state index contributed by atoms with van der Waals surface area (Å²) in [5, 5.41) is 33.0. The molecule has 8 heteroatoms. The fraction of sp³-hybridized carbons (Fsp3) is 0.412. The quantitative estimate of drug-likeness (QED) is 0.591. The average Bonchev–Trinajstić information content (AvgIpc) is 2.61. The van der Waals surface area contributed by atoms with Gasteiger partial charge in [0.05, 0.1) is 6.61 Å². The van der Waals surface area contributed by atoms with Crippen LogP contribution in [0.1, 0.15) is 6.92 Å². The van der Waals surface area contributed by atoms with Crippen molar-refractivity contribution in [3.63, 3.8) is 0 Å². The molecule has 1 aromatic heterocycles. The molecule has 8 nitrogen and oxygen atoms in total. The van der Waals surface area contributed by atoms with Crippen molar-refractivity contribution >= 4 is 16.8 Å². The Morgan fingerprint density at radius 3 is 2.76 bits per heavy atom. The molecule has 0 spiro atoms. The highest BCUT2D eigenvalue weighted by molar-refractivity contribution is 5.84. The van der Waals surface area contributed by atoms with E-state index in [-0.39, 0.29) is 0 Å². The first-order chi connectivity index (χ1) is 12.0. The maximum atomic E-state index is 11.4. The molecule has 1 saturated heterocycles. The summed E-state index contributed by atoms with van der Waals surface area (Å²) < 4.78 is 11.4. The van der Waals surface area contributed by atoms with E-state index in [4.69, 9.17) is 9.47 Å². The summed E-state index contributed by atoms with van der Waals surface area (Å²) in [4.78, 5) is 15.7. The Balaban J connectivity index is 1.92. The molecular weight excluding hydrogens is 328 g/mol. The lowest BCUT2D eigenvalue weighted by Crippen LogP contribution is -2.65. The molecule has 0 saturated carbocycles. The van der Waals surface area contributed by atoms with Crippen LogP contribution in [0.15, 0.2) is 36.5 Å². The number of rotatable bonds is 4. The van der Waals surface area contributed by atoms with Crippen molar-refractivity contribution < 1.29 is 29.6 Å². The first-order valence-electron chi connectivity index (χ1n) is 7.91. The van der Waals surface area contributed by atoms with E-state index in [1.54, 1.807) is 24.4 Å². The predicted octanol–water partition coefficient (Wildman–Crippen LogP) is -0.443. The summed E-state index contributed by atoms with van der Waals surface area (Å²) in [6, 6.07) is 8.01. The molecule has 0 unspecified atom stereocenters. The van der Waals surface area contributed by atoms with Crippen LogP contribution in [0.25, 0.3) is 10.9 Å². The summed E-state index contributed by atoms with van der Waals surface area (Å²) in [5.41, 5.74) is 0.594. The SMILES string of the molecule is CC(=O)N[C@@H]1[C@H](Oc2cccc3cccnc23)O[C@H](CO)[C@H](O)[C@H]1O. The van der Waals surface area contributed by atoms with Gasteiger partial charge in [-0.2, -0.15) is 0 Å². The fourth-order valence-corrected chi connectivity index (χ4v) is 2.87. The highest BCUT2D eigenvalue weighted by atomic mass is 16.7. The predicted molar refractivity (Wildman–Crippen MR) is 87.7 cm³/mol. The molecule has 134 valence electrons. The number of nitrogens with one attached hydrogen (secondary N) is 1. The zero-order chi connectivity index (χ0) is 18.0. The molecule has 1 amide bonds. The average molecular weight is 348 g/mol. The van der Waals surface area contributed by atoms with Crippen LogP contribution in [0.5, 0.6) is 5.75 Å². The van der Waals surface area contributed by atoms with Gasteiger partial charge in [-0.1, -0.05) is 18.2 Å². The summed E-state index contributed by atoms with van der Waals surface area (Å²) in [6.07, 6.45) is -3.23. The zero-order valence-electron chi connectivity index (χ0n) is 13.6. The number of hydrogen-bond donors (Lipinski definition) is 4. The summed E-state index contributed by atoms with van der Waals surface area (Å²) in [7, 11) is 0. The minimum absolute atomic E-state index is 0.402. The van der Waals surface area contributed by atoms with Crippen LogP contribution < -0.4 is 10.1 Å². The number of pyridine rings is 1. The first kappa shape index (κ1) is 17.6. The Morgan fingerprint density at radius 1 is 1.28 bits per heavy atom. The van der Waals surface area contributed by atoms with Gasteiger partial charge in [-0.25, -0.2) is 0 Å². The van der Waals surface area contributed by atoms with Crippen molar-refractivity contribution in [2.45, 2.75) is 37.6 Å². The molecule has 1 aliphatic rings. The number of para-hydroxylation sites is 1. The van der Waals surface area contributed by atoms with E-state index in [0.717, 1.165) is 5.39 Å². The van der Waals surface area contributed by atoms with Crippen molar-refractivity contribution in [1.82, 2.24) is 10.3 Å². The Bertz CT molecular complexity index is 750. The number of aliphatic hydroxyl groups is 3. The normalized spacial score (nSPS) is 29.4. The number of fused-ring (bicyclic) bond motifs is 1. The molecule has 2 heterocycles. The number of nitrogens with zero attached hydrogens (tertiary/aromatic N) is 1. The van der Waals surface area contributed by atoms with Crippen LogP contribution in [0, 0.1) is 0 Å². The number of ether oxygens (including phenoxy) is 2. The molecule has 3 rings (SSSR count). The van der Waals surface area contributed by atoms with Gasteiger partial charge in [0.25, 0.3) is 0 Å². The Kier molecular flexibility index (Phi) is 5.14. The smallest absolute Gasteiger partial charge is 0.223 e. The molecule has 2 aromatic rings. The number of hydrogen-bond acceptors (Lipinski definition) is 7. The number of benzene rings is 1. The van der Waals surface area contributed by atoms with Gasteiger partial charge in [-0.15, -0.1) is 0 Å². The van der Waals surface area contributed by atoms with Gasteiger partial charge in [0.2, 0.25) is 12.2 Å². The van der Waals surface area contributed by atoms with Gasteiger partial charge in [0.1, 0.15) is 35.6 Å². The second-order valence-corrected chi connectivity index (χ2v) is 5.88. The van der Waals surface area contributed by atoms with Crippen LogP contribution >= 0.6 is 0 Å². The highest BCUT2D eigenvalue weighted by Crippen LogP contribution is 2.28. The van der Waals surface area contributed by atoms with E-state index in [1.165, 1.54) is 6.92 Å². The number of amides is 1. The number of carbonyl (C=O) groups excluding carboxylic acids is 1. The Labute approximate surface area is 144 Å². The van der Waals surface area contributed by atoms with E-state index >= 15 is 0 Å². The largest absolute Gasteiger partial charge is 0.460 e. The lowest BCUT2D eigenvalue weighted by atomic mass is 9.97. The molecule has 1 aliphatic heterocycles. The molecule has 0 radical (unpaired) electrons. The van der Waals surface area contributed by atoms with Crippen LogP contribution in [-0.4, -0.2) is 63.5 Å². The number of aliphatic hydroxyl groups excluding tert-OH is 3. The maximum absolute atomic E-state index is 11.4. The minimum Gasteiger partial charge on any atom is -0.460 e. The van der Waals surface area contributed by atoms with E-state index in [9.17, 15) is 20.1 Å². The summed E-state index contributed by atoms with van der Waals surface area (Å²) >= 11 is 0. The van der Waals surface area contributed by atoms with Crippen molar-refractivity contribution in [2.75, 3.05) is 6.61 Å². The van der Waals surface area contributed by atoms with Crippen molar-refractivity contribution in [2.24, 2.45) is 0 Å². The topological polar surface area (TPSA) is 121 Å². The Morgan fingerprint density at radius 2 is 2.04 bits per heavy atom. The van der Waals surface area contributed by atoms with E-state index < -0.39 is 43.2 Å². The summed E-state index contributed by atoms with van der Waals surface area (Å²) in [5.74, 6) is -0.00863. The van der Waals surface area contributed by atoms with Gasteiger partial charge in [-0.05, 0) is 12.1 Å². The molecular formula is C17H20N2O6. The van der Waals surface area contributed by atoms with Gasteiger partial charge in [-0.3, -0.25) is 9.78 Å². The molecule has 4 N–H and O–H groups in total. The maximum Gasteiger partial charge on any atom is 0.223 e. The first-order valence-corrected chi connectivity index (χ1v) is 7.91. The Hall–Kier alpha value is -2.26. The second kappa shape index (κ2) is 7.32. The second-order valence-electron chi connectivity index (χ2n) is 5.88. The highest BCUT2D eigenvalue weighted by Gasteiger charge is 2.46. The van der Waals surface area contributed by atoms with Gasteiger partial charge < -0.3 is 30.1 Å². The van der Waals surface area contributed by atoms with Crippen molar-refractivity contribution in [1.29, 1.82) is 0 Å². The molecule has 1 fully saturated rings. The monoisotopic (exact) mass is 348 g/mol. The van der Waals surface area contributed by atoms with Crippen molar-refractivity contribution in [3.8, 4) is 5.75 Å². The molecule has 0 aliphatic carbocycles. The van der Waals surface area contributed by atoms with E-state index in [0.29, 0.717) is 11.3 Å². The molecule has 25 heavy (non-hydrogen) atoms. The minimum atomic E-state index is -1.36. The van der Waals surface area contributed by atoms with Crippen molar-refractivity contribution in [3.05, 3.63) is 36.5 Å². The standard InChI is InChI=1S/C17H20N2O6/c1-9(21)19-14-16(23)15(22)12(8-20)25-17(14)24-11-6-2-4-10-5-3-7-18-13(10)11/h2-7,12,14-17,20,22-23H,8H2,1H3,(H,19,21)/t12-,14+,15+,16+,17-/m1/s1. The zero-order valence-corrected chi connectivity index (χ0v) is 13.6. The number of carbonyl (C=O) groups is 1. The molecule has 5 atom stereocenters. The number of aromatic nitrogens is 1. The van der Waals surface area contributed by atoms with E-state index in [2.05, 4.69) is 10.3 Å². The third-order valence-corrected chi connectivity index (χ3v) is 4.09. The van der Waals surface area contributed by atoms with Crippen LogP contribution in [0.3, 0.4) is 0 Å². The van der Waals surface area contributed by atoms with Gasteiger partial charge in [0, 0.05) is 18.5 Å². The summed E-state index contributed by atoms with van der Waals surface area (Å²) in [6.45, 7) is 0.784. The molecule has 1 aromatic carbocycles. The third kappa shape index (κ3) is 3.57. The lowest BCUT2D eigenvalue weighted by molar-refractivity contribution is -0.244. The fourth-order valence-electron chi connectivity index (χ4n) is 2.87.